The van der Waals surface area contributed by atoms with Crippen LogP contribution in [0.15, 0.2) is 18.7 Å². The Morgan fingerprint density at radius 3 is 2.79 bits per heavy atom. The summed E-state index contributed by atoms with van der Waals surface area (Å²) in [6.45, 7) is 6.20. The monoisotopic (exact) mass is 195 g/mol. The van der Waals surface area contributed by atoms with Crippen molar-refractivity contribution in [1.29, 1.82) is 0 Å². The van der Waals surface area contributed by atoms with E-state index < -0.39 is 0 Å². The van der Waals surface area contributed by atoms with Gasteiger partial charge in [0.1, 0.15) is 0 Å². The van der Waals surface area contributed by atoms with E-state index in [-0.39, 0.29) is 0 Å². The molecular weight excluding hydrogens is 178 g/mol. The molecule has 1 fully saturated rings. The number of morpholine rings is 1. The first-order chi connectivity index (χ1) is 6.95. The normalized spacial score (nSPS) is 18.6. The third-order valence-electron chi connectivity index (χ3n) is 2.55. The Labute approximate surface area is 84.5 Å². The lowest BCUT2D eigenvalue weighted by molar-refractivity contribution is 0.0369. The van der Waals surface area contributed by atoms with Gasteiger partial charge in [-0.05, 0) is 6.42 Å². The molecule has 0 aliphatic carbocycles. The van der Waals surface area contributed by atoms with Crippen LogP contribution in [0, 0.1) is 0 Å². The van der Waals surface area contributed by atoms with Gasteiger partial charge in [0.2, 0.25) is 0 Å². The highest BCUT2D eigenvalue weighted by molar-refractivity contribution is 4.74. The summed E-state index contributed by atoms with van der Waals surface area (Å²) in [5, 5.41) is 0. The highest BCUT2D eigenvalue weighted by Gasteiger charge is 2.08. The molecule has 0 spiro atoms. The van der Waals surface area contributed by atoms with Crippen molar-refractivity contribution in [1.82, 2.24) is 14.5 Å². The van der Waals surface area contributed by atoms with Crippen LogP contribution in [-0.2, 0) is 11.3 Å². The van der Waals surface area contributed by atoms with Gasteiger partial charge in [-0.25, -0.2) is 4.98 Å². The van der Waals surface area contributed by atoms with E-state index in [0.29, 0.717) is 0 Å². The molecule has 0 amide bonds. The molecule has 1 saturated heterocycles. The van der Waals surface area contributed by atoms with Crippen LogP contribution >= 0.6 is 0 Å². The van der Waals surface area contributed by atoms with E-state index in [2.05, 4.69) is 14.5 Å². The molecule has 4 nitrogen and oxygen atoms in total. The Morgan fingerprint density at radius 1 is 1.21 bits per heavy atom. The second kappa shape index (κ2) is 5.12. The highest BCUT2D eigenvalue weighted by Crippen LogP contribution is 1.99. The predicted molar refractivity (Wildman–Crippen MR) is 54.1 cm³/mol. The second-order valence-electron chi connectivity index (χ2n) is 3.61. The topological polar surface area (TPSA) is 30.3 Å². The van der Waals surface area contributed by atoms with Crippen molar-refractivity contribution in [3.05, 3.63) is 18.7 Å². The van der Waals surface area contributed by atoms with Gasteiger partial charge in [0.05, 0.1) is 19.5 Å². The molecule has 1 aliphatic heterocycles. The first-order valence-corrected chi connectivity index (χ1v) is 5.21. The maximum atomic E-state index is 5.30. The molecule has 4 heteroatoms. The van der Waals surface area contributed by atoms with Crippen molar-refractivity contribution in [2.45, 2.75) is 13.0 Å². The summed E-state index contributed by atoms with van der Waals surface area (Å²) >= 11 is 0. The Bertz CT molecular complexity index is 242. The van der Waals surface area contributed by atoms with E-state index in [1.54, 1.807) is 0 Å². The number of ether oxygens (including phenoxy) is 1. The number of imidazole rings is 1. The maximum Gasteiger partial charge on any atom is 0.0945 e. The summed E-state index contributed by atoms with van der Waals surface area (Å²) in [5.74, 6) is 0. The first kappa shape index (κ1) is 9.68. The molecule has 0 bridgehead atoms. The molecule has 0 saturated carbocycles. The molecule has 1 aromatic rings. The van der Waals surface area contributed by atoms with Gasteiger partial charge in [0.15, 0.2) is 0 Å². The summed E-state index contributed by atoms with van der Waals surface area (Å²) < 4.78 is 7.42. The molecule has 0 atom stereocenters. The van der Waals surface area contributed by atoms with E-state index >= 15 is 0 Å². The van der Waals surface area contributed by atoms with E-state index in [9.17, 15) is 0 Å². The lowest BCUT2D eigenvalue weighted by Crippen LogP contribution is -2.37. The molecule has 0 radical (unpaired) electrons. The fourth-order valence-corrected chi connectivity index (χ4v) is 1.72. The van der Waals surface area contributed by atoms with Gasteiger partial charge in [-0.2, -0.15) is 0 Å². The van der Waals surface area contributed by atoms with E-state index in [0.717, 1.165) is 32.8 Å². The average molecular weight is 195 g/mol. The predicted octanol–water partition coefficient (Wildman–Crippen LogP) is 0.605. The van der Waals surface area contributed by atoms with E-state index in [4.69, 9.17) is 4.74 Å². The molecular formula is C10H17N3O. The average Bonchev–Trinajstić information content (AvgIpc) is 2.72. The molecule has 14 heavy (non-hydrogen) atoms. The van der Waals surface area contributed by atoms with Gasteiger partial charge in [0, 0.05) is 38.6 Å². The number of hydrogen-bond donors (Lipinski definition) is 0. The molecule has 0 N–H and O–H groups in total. The lowest BCUT2D eigenvalue weighted by Gasteiger charge is -2.26. The van der Waals surface area contributed by atoms with Crippen molar-refractivity contribution < 1.29 is 4.74 Å². The Hall–Kier alpha value is -0.870. The van der Waals surface area contributed by atoms with Gasteiger partial charge in [0.25, 0.3) is 0 Å². The van der Waals surface area contributed by atoms with Crippen LogP contribution in [-0.4, -0.2) is 47.3 Å². The standard InChI is InChI=1S/C10H17N3O/c1(4-13-5-2-11-10-13)3-12-6-8-14-9-7-12/h2,5,10H,1,3-4,6-9H2. The quantitative estimate of drug-likeness (QED) is 0.705. The lowest BCUT2D eigenvalue weighted by atomic mass is 10.3. The number of hydrogen-bond acceptors (Lipinski definition) is 3. The van der Waals surface area contributed by atoms with E-state index in [1.165, 1.54) is 13.0 Å². The molecule has 2 heterocycles. The second-order valence-corrected chi connectivity index (χ2v) is 3.61. The minimum Gasteiger partial charge on any atom is -0.379 e. The fourth-order valence-electron chi connectivity index (χ4n) is 1.72. The highest BCUT2D eigenvalue weighted by atomic mass is 16.5. The maximum absolute atomic E-state index is 5.30. The molecule has 0 aromatic carbocycles. The zero-order valence-corrected chi connectivity index (χ0v) is 8.43. The third-order valence-corrected chi connectivity index (χ3v) is 2.55. The van der Waals surface area contributed by atoms with Crippen molar-refractivity contribution in [2.75, 3.05) is 32.8 Å². The summed E-state index contributed by atoms with van der Waals surface area (Å²) in [4.78, 5) is 6.48. The number of rotatable bonds is 4. The summed E-state index contributed by atoms with van der Waals surface area (Å²) in [6.07, 6.45) is 6.91. The Balaban J connectivity index is 1.62. The zero-order chi connectivity index (χ0) is 9.64. The molecule has 0 unspecified atom stereocenters. The van der Waals surface area contributed by atoms with Crippen molar-refractivity contribution >= 4 is 0 Å². The molecule has 1 aromatic heterocycles. The molecule has 2 rings (SSSR count). The van der Waals surface area contributed by atoms with Crippen LogP contribution in [0.4, 0.5) is 0 Å². The van der Waals surface area contributed by atoms with Gasteiger partial charge >= 0.3 is 0 Å². The Kier molecular flexibility index (Phi) is 3.54. The summed E-state index contributed by atoms with van der Waals surface area (Å²) in [6, 6.07) is 0. The molecule has 1 aliphatic rings. The van der Waals surface area contributed by atoms with Crippen LogP contribution in [0.25, 0.3) is 0 Å². The van der Waals surface area contributed by atoms with Crippen LogP contribution in [0.3, 0.4) is 0 Å². The SMILES string of the molecule is c1cn(CCCN2CCOCC2)cn1. The first-order valence-electron chi connectivity index (χ1n) is 5.21. The minimum atomic E-state index is 0.894. The van der Waals surface area contributed by atoms with Crippen molar-refractivity contribution in [2.24, 2.45) is 0 Å². The number of nitrogens with zero attached hydrogens (tertiary/aromatic N) is 3. The Morgan fingerprint density at radius 2 is 2.07 bits per heavy atom. The smallest absolute Gasteiger partial charge is 0.0945 e. The number of aryl methyl sites for hydroxylation is 1. The summed E-state index contributed by atoms with van der Waals surface area (Å²) in [5.41, 5.74) is 0. The minimum absolute atomic E-state index is 0.894. The van der Waals surface area contributed by atoms with Crippen molar-refractivity contribution in [3.63, 3.8) is 0 Å². The third kappa shape index (κ3) is 2.82. The fraction of sp³-hybridized carbons (Fsp3) is 0.700. The van der Waals surface area contributed by atoms with E-state index in [1.807, 2.05) is 18.7 Å². The van der Waals surface area contributed by atoms with Crippen LogP contribution in [0.2, 0.25) is 0 Å². The van der Waals surface area contributed by atoms with Crippen LogP contribution in [0.5, 0.6) is 0 Å². The van der Waals surface area contributed by atoms with Crippen molar-refractivity contribution in [3.8, 4) is 0 Å². The molecule has 78 valence electrons. The largest absolute Gasteiger partial charge is 0.379 e. The van der Waals surface area contributed by atoms with Crippen LogP contribution in [0.1, 0.15) is 6.42 Å². The van der Waals surface area contributed by atoms with Gasteiger partial charge in [-0.15, -0.1) is 0 Å². The van der Waals surface area contributed by atoms with Crippen LogP contribution < -0.4 is 0 Å². The zero-order valence-electron chi connectivity index (χ0n) is 8.43. The number of aromatic nitrogens is 2. The summed E-state index contributed by atoms with van der Waals surface area (Å²) in [7, 11) is 0. The van der Waals surface area contributed by atoms with Gasteiger partial charge < -0.3 is 9.30 Å². The van der Waals surface area contributed by atoms with Gasteiger partial charge in [-0.3, -0.25) is 4.90 Å². The van der Waals surface area contributed by atoms with Gasteiger partial charge in [-0.1, -0.05) is 0 Å².